The Morgan fingerprint density at radius 3 is 2.60 bits per heavy atom. The predicted octanol–water partition coefficient (Wildman–Crippen LogP) is 3.15. The van der Waals surface area contributed by atoms with Crippen molar-refractivity contribution in [3.05, 3.63) is 53.4 Å². The predicted molar refractivity (Wildman–Crippen MR) is 135 cm³/mol. The minimum Gasteiger partial charge on any atom is -0.379 e. The van der Waals surface area contributed by atoms with Gasteiger partial charge in [-0.1, -0.05) is 35.5 Å². The molecule has 35 heavy (non-hydrogen) atoms. The largest absolute Gasteiger partial charge is 0.379 e. The Balaban J connectivity index is 1.09. The highest BCUT2D eigenvalue weighted by molar-refractivity contribution is 5.76. The Morgan fingerprint density at radius 2 is 1.80 bits per heavy atom. The second-order valence-electron chi connectivity index (χ2n) is 10.6. The molecular formula is C28H40N4O3. The van der Waals surface area contributed by atoms with Gasteiger partial charge in [0.15, 0.2) is 5.76 Å². The Hall–Kier alpha value is -2.22. The van der Waals surface area contributed by atoms with Crippen LogP contribution in [-0.2, 0) is 28.9 Å². The van der Waals surface area contributed by atoms with E-state index in [0.717, 1.165) is 103 Å². The van der Waals surface area contributed by atoms with Gasteiger partial charge < -0.3 is 19.5 Å². The van der Waals surface area contributed by atoms with Crippen LogP contribution in [0.4, 0.5) is 0 Å². The van der Waals surface area contributed by atoms with Gasteiger partial charge in [0.1, 0.15) is 0 Å². The lowest BCUT2D eigenvalue weighted by Gasteiger charge is -2.36. The van der Waals surface area contributed by atoms with Crippen molar-refractivity contribution in [1.29, 1.82) is 0 Å². The van der Waals surface area contributed by atoms with Crippen LogP contribution in [0.15, 0.2) is 40.9 Å². The molecule has 1 amide bonds. The zero-order chi connectivity index (χ0) is 23.9. The van der Waals surface area contributed by atoms with E-state index in [0.29, 0.717) is 30.1 Å². The van der Waals surface area contributed by atoms with Crippen molar-refractivity contribution in [3.8, 4) is 0 Å². The quantitative estimate of drug-likeness (QED) is 0.626. The third-order valence-corrected chi connectivity index (χ3v) is 8.10. The number of rotatable bonds is 8. The molecule has 3 aliphatic rings. The van der Waals surface area contributed by atoms with Gasteiger partial charge in [0.2, 0.25) is 5.91 Å². The van der Waals surface area contributed by atoms with Gasteiger partial charge in [-0.15, -0.1) is 0 Å². The molecule has 0 saturated carbocycles. The van der Waals surface area contributed by atoms with Gasteiger partial charge in [0.25, 0.3) is 0 Å². The van der Waals surface area contributed by atoms with Crippen molar-refractivity contribution in [2.45, 2.75) is 45.1 Å². The number of likely N-dealkylation sites (tertiary alicyclic amines) is 1. The summed E-state index contributed by atoms with van der Waals surface area (Å²) in [7, 11) is 0. The molecule has 2 aromatic rings. The Kier molecular flexibility index (Phi) is 8.50. The summed E-state index contributed by atoms with van der Waals surface area (Å²) in [6.45, 7) is 8.00. The van der Waals surface area contributed by atoms with Crippen LogP contribution in [-0.4, -0.2) is 73.3 Å². The Bertz CT molecular complexity index is 919. The number of benzene rings is 1. The standard InChI is InChI=1S/C28H40N4O3/c33-28(32-10-7-23(8-11-32)16-22-4-2-1-3-5-22)18-24-6-9-29-20-25(24)17-26-19-27(35-30-26)21-31-12-14-34-15-13-31/h1-5,19,23-25,29H,6-18,20-21H2/t24-,25-/m0/s1. The van der Waals surface area contributed by atoms with Crippen LogP contribution in [0.2, 0.25) is 0 Å². The smallest absolute Gasteiger partial charge is 0.222 e. The normalized spacial score (nSPS) is 24.5. The molecule has 0 radical (unpaired) electrons. The van der Waals surface area contributed by atoms with E-state index in [2.05, 4.69) is 56.7 Å². The number of ether oxygens (including phenoxy) is 1. The number of nitrogens with one attached hydrogen (secondary N) is 1. The number of nitrogens with zero attached hydrogens (tertiary/aromatic N) is 3. The van der Waals surface area contributed by atoms with Crippen LogP contribution < -0.4 is 5.32 Å². The molecule has 3 fully saturated rings. The van der Waals surface area contributed by atoms with Crippen LogP contribution in [0.25, 0.3) is 0 Å². The monoisotopic (exact) mass is 480 g/mol. The molecule has 2 atom stereocenters. The average molecular weight is 481 g/mol. The molecule has 1 N–H and O–H groups in total. The van der Waals surface area contributed by atoms with E-state index in [4.69, 9.17) is 9.26 Å². The van der Waals surface area contributed by atoms with E-state index >= 15 is 0 Å². The van der Waals surface area contributed by atoms with Gasteiger partial charge in [-0.3, -0.25) is 9.69 Å². The Morgan fingerprint density at radius 1 is 1.00 bits per heavy atom. The van der Waals surface area contributed by atoms with Crippen molar-refractivity contribution >= 4 is 5.91 Å². The first-order valence-electron chi connectivity index (χ1n) is 13.5. The number of aromatic nitrogens is 1. The van der Waals surface area contributed by atoms with E-state index in [-0.39, 0.29) is 0 Å². The summed E-state index contributed by atoms with van der Waals surface area (Å²) >= 11 is 0. The Labute approximate surface area is 209 Å². The lowest BCUT2D eigenvalue weighted by atomic mass is 9.80. The van der Waals surface area contributed by atoms with Crippen LogP contribution in [0.5, 0.6) is 0 Å². The van der Waals surface area contributed by atoms with Crippen molar-refractivity contribution < 1.29 is 14.1 Å². The molecule has 7 nitrogen and oxygen atoms in total. The topological polar surface area (TPSA) is 70.8 Å². The molecular weight excluding hydrogens is 440 g/mol. The van der Waals surface area contributed by atoms with Crippen molar-refractivity contribution in [1.82, 2.24) is 20.3 Å². The van der Waals surface area contributed by atoms with Crippen LogP contribution >= 0.6 is 0 Å². The molecule has 0 unspecified atom stereocenters. The molecule has 190 valence electrons. The van der Waals surface area contributed by atoms with Gasteiger partial charge in [0.05, 0.1) is 25.5 Å². The zero-order valence-electron chi connectivity index (χ0n) is 20.9. The van der Waals surface area contributed by atoms with Gasteiger partial charge in [0, 0.05) is 38.7 Å². The van der Waals surface area contributed by atoms with Crippen molar-refractivity contribution in [2.75, 3.05) is 52.5 Å². The highest BCUT2D eigenvalue weighted by atomic mass is 16.5. The highest BCUT2D eigenvalue weighted by Gasteiger charge is 2.31. The van der Waals surface area contributed by atoms with Gasteiger partial charge >= 0.3 is 0 Å². The van der Waals surface area contributed by atoms with Gasteiger partial charge in [-0.25, -0.2) is 0 Å². The molecule has 0 spiro atoms. The summed E-state index contributed by atoms with van der Waals surface area (Å²) < 4.78 is 11.1. The summed E-state index contributed by atoms with van der Waals surface area (Å²) in [5, 5.41) is 7.90. The maximum Gasteiger partial charge on any atom is 0.222 e. The number of hydrogen-bond donors (Lipinski definition) is 1. The lowest BCUT2D eigenvalue weighted by Crippen LogP contribution is -2.43. The van der Waals surface area contributed by atoms with Crippen LogP contribution in [0.1, 0.15) is 42.7 Å². The van der Waals surface area contributed by atoms with Crippen molar-refractivity contribution in [3.63, 3.8) is 0 Å². The second kappa shape index (κ2) is 12.2. The first-order valence-corrected chi connectivity index (χ1v) is 13.5. The van der Waals surface area contributed by atoms with Crippen LogP contribution in [0.3, 0.4) is 0 Å². The van der Waals surface area contributed by atoms with Crippen molar-refractivity contribution in [2.24, 2.45) is 17.8 Å². The summed E-state index contributed by atoms with van der Waals surface area (Å²) in [5.74, 6) is 2.78. The fourth-order valence-electron chi connectivity index (χ4n) is 5.95. The molecule has 7 heteroatoms. The van der Waals surface area contributed by atoms with E-state index in [1.807, 2.05) is 0 Å². The maximum absolute atomic E-state index is 13.2. The van der Waals surface area contributed by atoms with Gasteiger partial charge in [-0.2, -0.15) is 0 Å². The zero-order valence-corrected chi connectivity index (χ0v) is 20.9. The summed E-state index contributed by atoms with van der Waals surface area (Å²) in [6.07, 6.45) is 5.94. The number of carbonyl (C=O) groups excluding carboxylic acids is 1. The fourth-order valence-corrected chi connectivity index (χ4v) is 5.95. The minimum absolute atomic E-state index is 0.341. The molecule has 3 saturated heterocycles. The maximum atomic E-state index is 13.2. The first-order chi connectivity index (χ1) is 17.2. The van der Waals surface area contributed by atoms with Gasteiger partial charge in [-0.05, 0) is 68.5 Å². The second-order valence-corrected chi connectivity index (χ2v) is 10.6. The molecule has 3 aliphatic heterocycles. The van der Waals surface area contributed by atoms with E-state index in [1.165, 1.54) is 5.56 Å². The first kappa shape index (κ1) is 24.5. The molecule has 1 aromatic heterocycles. The summed E-state index contributed by atoms with van der Waals surface area (Å²) in [5.41, 5.74) is 2.43. The molecule has 1 aromatic carbocycles. The summed E-state index contributed by atoms with van der Waals surface area (Å²) in [4.78, 5) is 17.7. The third-order valence-electron chi connectivity index (χ3n) is 8.10. The third kappa shape index (κ3) is 6.93. The summed E-state index contributed by atoms with van der Waals surface area (Å²) in [6, 6.07) is 12.9. The highest BCUT2D eigenvalue weighted by Crippen LogP contribution is 2.29. The molecule has 0 aliphatic carbocycles. The van der Waals surface area contributed by atoms with E-state index in [1.54, 1.807) is 0 Å². The number of amides is 1. The fraction of sp³-hybridized carbons (Fsp3) is 0.643. The molecule has 0 bridgehead atoms. The molecule has 5 rings (SSSR count). The number of carbonyl (C=O) groups is 1. The lowest BCUT2D eigenvalue weighted by molar-refractivity contribution is -0.134. The number of hydrogen-bond acceptors (Lipinski definition) is 6. The van der Waals surface area contributed by atoms with Crippen LogP contribution in [0, 0.1) is 17.8 Å². The van der Waals surface area contributed by atoms with E-state index in [9.17, 15) is 4.79 Å². The molecule has 4 heterocycles. The SMILES string of the molecule is O=C(C[C@@H]1CCNC[C@@H]1Cc1cc(CN2CCOCC2)on1)N1CCC(Cc2ccccc2)CC1. The average Bonchev–Trinajstić information content (AvgIpc) is 3.33. The van der Waals surface area contributed by atoms with E-state index < -0.39 is 0 Å². The minimum atomic E-state index is 0.341. The number of morpholine rings is 1. The number of piperidine rings is 2.